The Balaban J connectivity index is 1.57. The van der Waals surface area contributed by atoms with E-state index >= 15 is 0 Å². The second-order valence-electron chi connectivity index (χ2n) is 7.20. The third-order valence-electron chi connectivity index (χ3n) is 5.23. The Hall–Kier alpha value is -4.35. The number of imidazole rings is 1. The van der Waals surface area contributed by atoms with Crippen LogP contribution in [-0.2, 0) is 0 Å². The molecule has 162 valence electrons. The van der Waals surface area contributed by atoms with E-state index in [1.807, 2.05) is 18.2 Å². The molecule has 0 atom stereocenters. The molecular weight excluding hydrogens is 440 g/mol. The van der Waals surface area contributed by atoms with E-state index in [0.29, 0.717) is 44.8 Å². The van der Waals surface area contributed by atoms with Crippen LogP contribution in [0.2, 0.25) is 5.02 Å². The van der Waals surface area contributed by atoms with Gasteiger partial charge in [-0.2, -0.15) is 5.26 Å². The SMILES string of the molecule is COc1cc(OC)c2ncnc(Nc3ccc(Cl)c(-c4nc5ccc(C#N)cc5[nH]4)c3)c2c1. The number of aromatic amines is 1. The zero-order valence-electron chi connectivity index (χ0n) is 17.7. The molecule has 0 bridgehead atoms. The van der Waals surface area contributed by atoms with Crippen molar-refractivity contribution in [3.63, 3.8) is 0 Å². The number of rotatable bonds is 5. The summed E-state index contributed by atoms with van der Waals surface area (Å²) >= 11 is 6.50. The Labute approximate surface area is 193 Å². The lowest BCUT2D eigenvalue weighted by atomic mass is 10.1. The fourth-order valence-electron chi connectivity index (χ4n) is 3.61. The largest absolute Gasteiger partial charge is 0.497 e. The van der Waals surface area contributed by atoms with Crippen molar-refractivity contribution in [3.05, 3.63) is 65.4 Å². The van der Waals surface area contributed by atoms with E-state index in [1.165, 1.54) is 6.33 Å². The summed E-state index contributed by atoms with van der Waals surface area (Å²) in [5, 5.41) is 13.8. The highest BCUT2D eigenvalue weighted by Gasteiger charge is 2.14. The van der Waals surface area contributed by atoms with Crippen LogP contribution in [0.4, 0.5) is 11.5 Å². The van der Waals surface area contributed by atoms with Gasteiger partial charge in [0.2, 0.25) is 0 Å². The molecule has 0 saturated heterocycles. The van der Waals surface area contributed by atoms with Crippen LogP contribution in [0.3, 0.4) is 0 Å². The standard InChI is InChI=1S/C24H17ClN6O2/c1-32-15-9-17-22(21(10-15)33-2)27-12-28-23(17)29-14-4-5-18(25)16(8-14)24-30-19-6-3-13(11-26)7-20(19)31-24/h3-10,12H,1-2H3,(H,30,31)(H,27,28,29). The molecule has 0 unspecified atom stereocenters. The molecule has 5 rings (SSSR count). The van der Waals surface area contributed by atoms with Crippen molar-refractivity contribution in [2.24, 2.45) is 0 Å². The zero-order valence-corrected chi connectivity index (χ0v) is 18.4. The topological polar surface area (TPSA) is 109 Å². The third-order valence-corrected chi connectivity index (χ3v) is 5.56. The maximum atomic E-state index is 9.14. The molecule has 2 heterocycles. The lowest BCUT2D eigenvalue weighted by Crippen LogP contribution is -1.99. The predicted octanol–water partition coefficient (Wildman–Crippen LogP) is 5.46. The van der Waals surface area contributed by atoms with E-state index in [2.05, 4.69) is 31.3 Å². The number of nitriles is 1. The van der Waals surface area contributed by atoms with E-state index < -0.39 is 0 Å². The van der Waals surface area contributed by atoms with Crippen LogP contribution >= 0.6 is 11.6 Å². The van der Waals surface area contributed by atoms with Gasteiger partial charge in [-0.15, -0.1) is 0 Å². The van der Waals surface area contributed by atoms with Gasteiger partial charge in [0.05, 0.1) is 47.3 Å². The summed E-state index contributed by atoms with van der Waals surface area (Å²) in [4.78, 5) is 16.6. The Morgan fingerprint density at radius 1 is 1.03 bits per heavy atom. The van der Waals surface area contributed by atoms with Crippen LogP contribution < -0.4 is 14.8 Å². The minimum atomic E-state index is 0.538. The molecule has 0 aliphatic rings. The van der Waals surface area contributed by atoms with Gasteiger partial charge in [0, 0.05) is 17.3 Å². The number of halogens is 1. The summed E-state index contributed by atoms with van der Waals surface area (Å²) in [5.41, 5.74) is 4.20. The normalized spacial score (nSPS) is 10.8. The van der Waals surface area contributed by atoms with Crippen LogP contribution in [0, 0.1) is 11.3 Å². The fraction of sp³-hybridized carbons (Fsp3) is 0.0833. The molecule has 0 spiro atoms. The number of hydrogen-bond donors (Lipinski definition) is 2. The molecule has 3 aromatic carbocycles. The minimum absolute atomic E-state index is 0.538. The summed E-state index contributed by atoms with van der Waals surface area (Å²) in [6, 6.07) is 16.6. The first-order chi connectivity index (χ1) is 16.1. The molecule has 0 amide bonds. The molecule has 8 nitrogen and oxygen atoms in total. The lowest BCUT2D eigenvalue weighted by Gasteiger charge is -2.13. The minimum Gasteiger partial charge on any atom is -0.497 e. The molecule has 2 aromatic heterocycles. The van der Waals surface area contributed by atoms with Crippen LogP contribution in [0.5, 0.6) is 11.5 Å². The molecular formula is C24H17ClN6O2. The van der Waals surface area contributed by atoms with Crippen molar-refractivity contribution >= 4 is 45.0 Å². The van der Waals surface area contributed by atoms with Crippen molar-refractivity contribution in [1.29, 1.82) is 5.26 Å². The summed E-state index contributed by atoms with van der Waals surface area (Å²) in [7, 11) is 3.18. The number of ether oxygens (including phenoxy) is 2. The molecule has 0 radical (unpaired) electrons. The Bertz CT molecular complexity index is 1560. The van der Waals surface area contributed by atoms with Gasteiger partial charge in [0.25, 0.3) is 0 Å². The second-order valence-corrected chi connectivity index (χ2v) is 7.60. The maximum Gasteiger partial charge on any atom is 0.148 e. The number of H-pyrrole nitrogens is 1. The number of nitrogens with one attached hydrogen (secondary N) is 2. The summed E-state index contributed by atoms with van der Waals surface area (Å²) in [5.74, 6) is 2.41. The predicted molar refractivity (Wildman–Crippen MR) is 127 cm³/mol. The molecule has 0 aliphatic carbocycles. The average molecular weight is 457 g/mol. The van der Waals surface area contributed by atoms with Crippen LogP contribution in [0.1, 0.15) is 5.56 Å². The van der Waals surface area contributed by atoms with Gasteiger partial charge in [0.15, 0.2) is 0 Å². The summed E-state index contributed by atoms with van der Waals surface area (Å²) in [6.07, 6.45) is 1.47. The molecule has 33 heavy (non-hydrogen) atoms. The molecule has 0 aliphatic heterocycles. The highest BCUT2D eigenvalue weighted by Crippen LogP contribution is 2.35. The first-order valence-corrected chi connectivity index (χ1v) is 10.3. The first kappa shape index (κ1) is 20.5. The molecule has 5 aromatic rings. The van der Waals surface area contributed by atoms with E-state index in [9.17, 15) is 0 Å². The van der Waals surface area contributed by atoms with Gasteiger partial charge in [0.1, 0.15) is 35.0 Å². The maximum absolute atomic E-state index is 9.14. The number of anilines is 2. The molecule has 0 saturated carbocycles. The number of nitrogens with zero attached hydrogens (tertiary/aromatic N) is 4. The summed E-state index contributed by atoms with van der Waals surface area (Å²) in [6.45, 7) is 0. The summed E-state index contributed by atoms with van der Waals surface area (Å²) < 4.78 is 10.9. The molecule has 9 heteroatoms. The van der Waals surface area contributed by atoms with E-state index in [0.717, 1.165) is 22.1 Å². The fourth-order valence-corrected chi connectivity index (χ4v) is 3.82. The molecule has 0 fully saturated rings. The van der Waals surface area contributed by atoms with Gasteiger partial charge in [-0.3, -0.25) is 0 Å². The lowest BCUT2D eigenvalue weighted by molar-refractivity contribution is 0.397. The number of methoxy groups -OCH3 is 2. The highest BCUT2D eigenvalue weighted by molar-refractivity contribution is 6.33. The quantitative estimate of drug-likeness (QED) is 0.361. The van der Waals surface area contributed by atoms with Crippen molar-refractivity contribution in [2.45, 2.75) is 0 Å². The number of fused-ring (bicyclic) bond motifs is 2. The van der Waals surface area contributed by atoms with Gasteiger partial charge in [-0.05, 0) is 42.5 Å². The van der Waals surface area contributed by atoms with Crippen LogP contribution in [-0.4, -0.2) is 34.2 Å². The smallest absolute Gasteiger partial charge is 0.148 e. The average Bonchev–Trinajstić information content (AvgIpc) is 3.27. The van der Waals surface area contributed by atoms with E-state index in [4.69, 9.17) is 26.3 Å². The van der Waals surface area contributed by atoms with Gasteiger partial charge in [-0.1, -0.05) is 11.6 Å². The third kappa shape index (κ3) is 3.75. The number of aromatic nitrogens is 4. The van der Waals surface area contributed by atoms with Crippen molar-refractivity contribution in [3.8, 4) is 29.0 Å². The zero-order chi connectivity index (χ0) is 22.9. The first-order valence-electron chi connectivity index (χ1n) is 9.93. The van der Waals surface area contributed by atoms with Crippen molar-refractivity contribution < 1.29 is 9.47 Å². The second kappa shape index (κ2) is 8.30. The Morgan fingerprint density at radius 3 is 2.70 bits per heavy atom. The monoisotopic (exact) mass is 456 g/mol. The van der Waals surface area contributed by atoms with Crippen LogP contribution in [0.15, 0.2) is 54.9 Å². The van der Waals surface area contributed by atoms with Crippen molar-refractivity contribution in [2.75, 3.05) is 19.5 Å². The number of hydrogen-bond acceptors (Lipinski definition) is 7. The van der Waals surface area contributed by atoms with Crippen LogP contribution in [0.25, 0.3) is 33.3 Å². The highest BCUT2D eigenvalue weighted by atomic mass is 35.5. The van der Waals surface area contributed by atoms with Gasteiger partial charge >= 0.3 is 0 Å². The van der Waals surface area contributed by atoms with Gasteiger partial charge < -0.3 is 19.8 Å². The number of benzene rings is 3. The Kier molecular flexibility index (Phi) is 5.17. The van der Waals surface area contributed by atoms with Crippen molar-refractivity contribution in [1.82, 2.24) is 19.9 Å². The van der Waals surface area contributed by atoms with E-state index in [1.54, 1.807) is 44.6 Å². The van der Waals surface area contributed by atoms with Gasteiger partial charge in [-0.25, -0.2) is 15.0 Å². The Morgan fingerprint density at radius 2 is 1.91 bits per heavy atom. The molecule has 2 N–H and O–H groups in total. The van der Waals surface area contributed by atoms with E-state index in [-0.39, 0.29) is 0 Å².